The third kappa shape index (κ3) is 3.92. The second-order valence-corrected chi connectivity index (χ2v) is 6.95. The Morgan fingerprint density at radius 2 is 2.15 bits per heavy atom. The van der Waals surface area contributed by atoms with Gasteiger partial charge in [-0.3, -0.25) is 9.78 Å². The molecule has 0 saturated heterocycles. The van der Waals surface area contributed by atoms with Gasteiger partial charge in [-0.25, -0.2) is 9.18 Å². The minimum atomic E-state index is -1.29. The van der Waals surface area contributed by atoms with E-state index in [9.17, 15) is 19.1 Å². The number of anilines is 1. The number of nitrogens with two attached hydrogens (primary N) is 2. The van der Waals surface area contributed by atoms with Crippen LogP contribution >= 0.6 is 11.3 Å². The highest BCUT2D eigenvalue weighted by molar-refractivity contribution is 7.18. The highest BCUT2D eigenvalue weighted by Crippen LogP contribution is 2.39. The summed E-state index contributed by atoms with van der Waals surface area (Å²) in [6.45, 7) is 0. The Hall–Kier alpha value is -2.72. The first kappa shape index (κ1) is 18.1. The maximum Gasteiger partial charge on any atom is 0.404 e. The fourth-order valence-electron chi connectivity index (χ4n) is 2.61. The van der Waals surface area contributed by atoms with Crippen molar-refractivity contribution in [1.82, 2.24) is 4.98 Å². The second-order valence-electron chi connectivity index (χ2n) is 5.90. The summed E-state index contributed by atoms with van der Waals surface area (Å²) in [6, 6.07) is 2.97. The summed E-state index contributed by atoms with van der Waals surface area (Å²) < 4.78 is 18.9. The van der Waals surface area contributed by atoms with Gasteiger partial charge in [-0.05, 0) is 25.0 Å². The van der Waals surface area contributed by atoms with Crippen LogP contribution in [0.2, 0.25) is 0 Å². The molecule has 2 aromatic heterocycles. The van der Waals surface area contributed by atoms with Crippen molar-refractivity contribution in [3.8, 4) is 10.4 Å². The van der Waals surface area contributed by atoms with Gasteiger partial charge in [0.25, 0.3) is 5.91 Å². The molecule has 0 radical (unpaired) electrons. The van der Waals surface area contributed by atoms with Crippen LogP contribution in [-0.2, 0) is 4.74 Å². The molecule has 2 atom stereocenters. The van der Waals surface area contributed by atoms with Crippen molar-refractivity contribution in [3.05, 3.63) is 35.2 Å². The minimum Gasteiger partial charge on any atom is -0.441 e. The number of carbonyl (C=O) groups is 2. The smallest absolute Gasteiger partial charge is 0.404 e. The number of primary amides is 2. The summed E-state index contributed by atoms with van der Waals surface area (Å²) in [5.74, 6) is -1.30. The molecule has 0 aromatic carbocycles. The molecule has 10 heteroatoms. The zero-order chi connectivity index (χ0) is 18.8. The van der Waals surface area contributed by atoms with Crippen LogP contribution in [0.15, 0.2) is 24.5 Å². The highest BCUT2D eigenvalue weighted by atomic mass is 32.1. The normalized spacial score (nSPS) is 15.9. The van der Waals surface area contributed by atoms with E-state index in [1.165, 1.54) is 18.3 Å². The molecule has 138 valence electrons. The molecule has 0 bridgehead atoms. The molecule has 26 heavy (non-hydrogen) atoms. The Labute approximate surface area is 152 Å². The minimum absolute atomic E-state index is 0.0159. The molecule has 8 nitrogen and oxygen atoms in total. The quantitative estimate of drug-likeness (QED) is 0.538. The highest BCUT2D eigenvalue weighted by Gasteiger charge is 2.39. The first-order valence-corrected chi connectivity index (χ1v) is 8.62. The topological polar surface area (TPSA) is 141 Å². The fraction of sp³-hybridized carbons (Fsp3) is 0.312. The van der Waals surface area contributed by atoms with Crippen molar-refractivity contribution < 1.29 is 23.8 Å². The van der Waals surface area contributed by atoms with E-state index >= 15 is 0 Å². The van der Waals surface area contributed by atoms with E-state index in [0.717, 1.165) is 30.4 Å². The SMILES string of the molecule is NC(=O)OC(C1CC1)[C@H](O)Nc1cc(-c2ccncc2F)sc1C(N)=O. The van der Waals surface area contributed by atoms with Gasteiger partial charge in [0.2, 0.25) is 0 Å². The van der Waals surface area contributed by atoms with Gasteiger partial charge in [0.1, 0.15) is 10.7 Å². The van der Waals surface area contributed by atoms with E-state index < -0.39 is 30.1 Å². The zero-order valence-electron chi connectivity index (χ0n) is 13.5. The van der Waals surface area contributed by atoms with Gasteiger partial charge < -0.3 is 26.6 Å². The number of nitrogens with one attached hydrogen (secondary N) is 1. The monoisotopic (exact) mass is 380 g/mol. The van der Waals surface area contributed by atoms with Gasteiger partial charge in [-0.15, -0.1) is 11.3 Å². The van der Waals surface area contributed by atoms with Crippen LogP contribution < -0.4 is 16.8 Å². The summed E-state index contributed by atoms with van der Waals surface area (Å²) in [6.07, 6.45) is 0.917. The summed E-state index contributed by atoms with van der Waals surface area (Å²) in [5, 5.41) is 13.1. The number of pyridine rings is 1. The van der Waals surface area contributed by atoms with Crippen LogP contribution in [0.5, 0.6) is 0 Å². The number of rotatable bonds is 7. The van der Waals surface area contributed by atoms with E-state index in [1.807, 2.05) is 0 Å². The zero-order valence-corrected chi connectivity index (χ0v) is 14.3. The summed E-state index contributed by atoms with van der Waals surface area (Å²) in [7, 11) is 0. The maximum atomic E-state index is 14.0. The van der Waals surface area contributed by atoms with E-state index in [1.54, 1.807) is 0 Å². The Kier molecular flexibility index (Phi) is 5.05. The van der Waals surface area contributed by atoms with Crippen molar-refractivity contribution in [2.45, 2.75) is 25.2 Å². The third-order valence-electron chi connectivity index (χ3n) is 3.95. The first-order valence-electron chi connectivity index (χ1n) is 7.81. The molecule has 2 heterocycles. The Morgan fingerprint density at radius 1 is 1.42 bits per heavy atom. The molecule has 2 amide bonds. The number of hydrogen-bond acceptors (Lipinski definition) is 7. The van der Waals surface area contributed by atoms with Gasteiger partial charge >= 0.3 is 6.09 Å². The van der Waals surface area contributed by atoms with Crippen LogP contribution in [0, 0.1) is 11.7 Å². The lowest BCUT2D eigenvalue weighted by Gasteiger charge is -2.23. The molecule has 0 aliphatic heterocycles. The van der Waals surface area contributed by atoms with Gasteiger partial charge in [-0.1, -0.05) is 0 Å². The number of hydrogen-bond donors (Lipinski definition) is 4. The summed E-state index contributed by atoms with van der Waals surface area (Å²) in [4.78, 5) is 27.0. The Balaban J connectivity index is 1.88. The molecule has 1 fully saturated rings. The average molecular weight is 380 g/mol. The molecule has 2 aromatic rings. The van der Waals surface area contributed by atoms with E-state index in [0.29, 0.717) is 4.88 Å². The summed E-state index contributed by atoms with van der Waals surface area (Å²) in [5.41, 5.74) is 10.9. The van der Waals surface area contributed by atoms with Crippen molar-refractivity contribution in [3.63, 3.8) is 0 Å². The number of nitrogens with zero attached hydrogens (tertiary/aromatic N) is 1. The lowest BCUT2D eigenvalue weighted by Crippen LogP contribution is -2.40. The van der Waals surface area contributed by atoms with E-state index in [4.69, 9.17) is 16.2 Å². The van der Waals surface area contributed by atoms with Gasteiger partial charge in [0, 0.05) is 22.6 Å². The molecule has 1 unspecified atom stereocenters. The molecule has 1 aliphatic rings. The molecule has 0 spiro atoms. The fourth-order valence-corrected chi connectivity index (χ4v) is 3.61. The average Bonchev–Trinajstić information content (AvgIpc) is 3.33. The lowest BCUT2D eigenvalue weighted by atomic mass is 10.2. The van der Waals surface area contributed by atoms with Crippen LogP contribution in [0.25, 0.3) is 10.4 Å². The van der Waals surface area contributed by atoms with Gasteiger partial charge in [0.05, 0.1) is 11.9 Å². The predicted octanol–water partition coefficient (Wildman–Crippen LogP) is 1.65. The van der Waals surface area contributed by atoms with E-state index in [-0.39, 0.29) is 22.0 Å². The van der Waals surface area contributed by atoms with Gasteiger partial charge in [0.15, 0.2) is 12.3 Å². The number of carbonyl (C=O) groups excluding carboxylic acids is 2. The van der Waals surface area contributed by atoms with Crippen molar-refractivity contribution in [2.24, 2.45) is 17.4 Å². The van der Waals surface area contributed by atoms with Crippen LogP contribution in [0.1, 0.15) is 22.5 Å². The molecular weight excluding hydrogens is 363 g/mol. The number of aromatic nitrogens is 1. The molecule has 1 saturated carbocycles. The first-order chi connectivity index (χ1) is 12.4. The van der Waals surface area contributed by atoms with Crippen LogP contribution in [-0.4, -0.2) is 34.4 Å². The largest absolute Gasteiger partial charge is 0.441 e. The number of amides is 2. The number of thiophene rings is 1. The number of halogens is 1. The Morgan fingerprint density at radius 3 is 2.73 bits per heavy atom. The van der Waals surface area contributed by atoms with Gasteiger partial charge in [-0.2, -0.15) is 0 Å². The number of aliphatic hydroxyl groups excluding tert-OH is 1. The molecular formula is C16H17FN4O4S. The van der Waals surface area contributed by atoms with Crippen molar-refractivity contribution in [2.75, 3.05) is 5.32 Å². The second kappa shape index (κ2) is 7.26. The van der Waals surface area contributed by atoms with E-state index in [2.05, 4.69) is 10.3 Å². The molecule has 3 rings (SSSR count). The predicted molar refractivity (Wildman–Crippen MR) is 92.8 cm³/mol. The Bertz CT molecular complexity index is 839. The van der Waals surface area contributed by atoms with Crippen LogP contribution in [0.4, 0.5) is 14.9 Å². The maximum absolute atomic E-state index is 14.0. The molecule has 1 aliphatic carbocycles. The third-order valence-corrected chi connectivity index (χ3v) is 5.13. The lowest BCUT2D eigenvalue weighted by molar-refractivity contribution is 0.00818. The van der Waals surface area contributed by atoms with Crippen LogP contribution in [0.3, 0.4) is 0 Å². The van der Waals surface area contributed by atoms with Crippen molar-refractivity contribution in [1.29, 1.82) is 0 Å². The van der Waals surface area contributed by atoms with Crippen molar-refractivity contribution >= 4 is 29.0 Å². The number of aliphatic hydroxyl groups is 1. The molecule has 6 N–H and O–H groups in total. The summed E-state index contributed by atoms with van der Waals surface area (Å²) >= 11 is 0.978. The number of ether oxygens (including phenoxy) is 1. The standard InChI is InChI=1S/C16H17FN4O4S/c17-9-6-20-4-3-8(9)11-5-10(13(26-11)14(18)22)21-15(23)12(7-1-2-7)25-16(19)24/h3-7,12,15,21,23H,1-2H2,(H2,18,22)(H2,19,24)/t12?,15-/m0/s1.